The van der Waals surface area contributed by atoms with Gasteiger partial charge in [-0.25, -0.2) is 15.0 Å². The normalized spacial score (nSPS) is 20.9. The summed E-state index contributed by atoms with van der Waals surface area (Å²) in [6.45, 7) is 6.71. The van der Waals surface area contributed by atoms with Crippen LogP contribution in [0.4, 0.5) is 0 Å². The SMILES string of the molecule is Cc1nccc(-c2ccc(OCC3CC(C)N3)c(C)n2)n1. The molecular weight excluding hydrogens is 264 g/mol. The fourth-order valence-electron chi connectivity index (χ4n) is 2.55. The third-order valence-corrected chi connectivity index (χ3v) is 3.67. The molecule has 2 unspecified atom stereocenters. The van der Waals surface area contributed by atoms with E-state index in [0.717, 1.165) is 28.7 Å². The molecule has 0 saturated carbocycles. The quantitative estimate of drug-likeness (QED) is 0.933. The summed E-state index contributed by atoms with van der Waals surface area (Å²) in [5.74, 6) is 1.59. The van der Waals surface area contributed by atoms with Gasteiger partial charge < -0.3 is 10.1 Å². The molecule has 2 aromatic rings. The number of nitrogens with one attached hydrogen (secondary N) is 1. The molecule has 2 atom stereocenters. The van der Waals surface area contributed by atoms with Crippen LogP contribution in [0.25, 0.3) is 11.4 Å². The summed E-state index contributed by atoms with van der Waals surface area (Å²) in [6.07, 6.45) is 2.92. The van der Waals surface area contributed by atoms with Crippen molar-refractivity contribution in [2.75, 3.05) is 6.61 Å². The van der Waals surface area contributed by atoms with Crippen LogP contribution in [0.3, 0.4) is 0 Å². The second-order valence-electron chi connectivity index (χ2n) is 5.58. The number of aryl methyl sites for hydroxylation is 2. The number of hydrogen-bond acceptors (Lipinski definition) is 5. The maximum Gasteiger partial charge on any atom is 0.140 e. The van der Waals surface area contributed by atoms with Gasteiger partial charge in [-0.1, -0.05) is 0 Å². The number of ether oxygens (including phenoxy) is 1. The third-order valence-electron chi connectivity index (χ3n) is 3.67. The van der Waals surface area contributed by atoms with Gasteiger partial charge in [-0.2, -0.15) is 0 Å². The Morgan fingerprint density at radius 2 is 1.95 bits per heavy atom. The minimum absolute atomic E-state index is 0.462. The summed E-state index contributed by atoms with van der Waals surface area (Å²) in [5.41, 5.74) is 2.57. The van der Waals surface area contributed by atoms with E-state index in [4.69, 9.17) is 4.74 Å². The molecule has 0 bridgehead atoms. The van der Waals surface area contributed by atoms with Crippen molar-refractivity contribution in [3.05, 3.63) is 35.9 Å². The molecule has 5 nitrogen and oxygen atoms in total. The molecule has 3 heterocycles. The second kappa shape index (κ2) is 5.77. The summed E-state index contributed by atoms with van der Waals surface area (Å²) in [4.78, 5) is 13.1. The minimum Gasteiger partial charge on any atom is -0.490 e. The van der Waals surface area contributed by atoms with Crippen LogP contribution in [0.1, 0.15) is 24.9 Å². The molecule has 0 aliphatic carbocycles. The monoisotopic (exact) mass is 284 g/mol. The number of rotatable bonds is 4. The van der Waals surface area contributed by atoms with E-state index >= 15 is 0 Å². The van der Waals surface area contributed by atoms with Gasteiger partial charge in [-0.05, 0) is 45.4 Å². The Balaban J connectivity index is 1.70. The average molecular weight is 284 g/mol. The molecule has 1 aliphatic heterocycles. The topological polar surface area (TPSA) is 59.9 Å². The van der Waals surface area contributed by atoms with Gasteiger partial charge in [0.05, 0.1) is 17.1 Å². The zero-order valence-electron chi connectivity index (χ0n) is 12.6. The third kappa shape index (κ3) is 3.19. The van der Waals surface area contributed by atoms with Gasteiger partial charge >= 0.3 is 0 Å². The maximum atomic E-state index is 5.85. The lowest BCUT2D eigenvalue weighted by Crippen LogP contribution is -2.53. The highest BCUT2D eigenvalue weighted by molar-refractivity contribution is 5.55. The van der Waals surface area contributed by atoms with Crippen molar-refractivity contribution in [3.63, 3.8) is 0 Å². The van der Waals surface area contributed by atoms with E-state index < -0.39 is 0 Å². The van der Waals surface area contributed by atoms with Gasteiger partial charge in [0.15, 0.2) is 0 Å². The van der Waals surface area contributed by atoms with Gasteiger partial charge in [0.1, 0.15) is 18.2 Å². The minimum atomic E-state index is 0.462. The van der Waals surface area contributed by atoms with Crippen molar-refractivity contribution in [1.29, 1.82) is 0 Å². The predicted octanol–water partition coefficient (Wildman–Crippen LogP) is 2.28. The first kappa shape index (κ1) is 13.9. The molecule has 1 aliphatic rings. The van der Waals surface area contributed by atoms with E-state index in [-0.39, 0.29) is 0 Å². The van der Waals surface area contributed by atoms with Crippen molar-refractivity contribution >= 4 is 0 Å². The van der Waals surface area contributed by atoms with Crippen LogP contribution in [-0.4, -0.2) is 33.6 Å². The first-order valence-corrected chi connectivity index (χ1v) is 7.28. The Morgan fingerprint density at radius 3 is 2.62 bits per heavy atom. The molecule has 1 saturated heterocycles. The maximum absolute atomic E-state index is 5.85. The number of hydrogen-bond donors (Lipinski definition) is 1. The van der Waals surface area contributed by atoms with Crippen molar-refractivity contribution in [2.24, 2.45) is 0 Å². The molecule has 2 aromatic heterocycles. The standard InChI is InChI=1S/C16H20N4O/c1-10-8-13(18-10)9-21-16-5-4-14(19-11(16)2)15-6-7-17-12(3)20-15/h4-7,10,13,18H,8-9H2,1-3H3. The lowest BCUT2D eigenvalue weighted by Gasteiger charge is -2.34. The lowest BCUT2D eigenvalue weighted by atomic mass is 10.00. The van der Waals surface area contributed by atoms with E-state index in [1.165, 1.54) is 6.42 Å². The van der Waals surface area contributed by atoms with Crippen LogP contribution < -0.4 is 10.1 Å². The Morgan fingerprint density at radius 1 is 1.19 bits per heavy atom. The van der Waals surface area contributed by atoms with Gasteiger partial charge in [0, 0.05) is 18.3 Å². The highest BCUT2D eigenvalue weighted by atomic mass is 16.5. The van der Waals surface area contributed by atoms with E-state index in [0.29, 0.717) is 18.7 Å². The second-order valence-corrected chi connectivity index (χ2v) is 5.58. The van der Waals surface area contributed by atoms with Crippen LogP contribution in [-0.2, 0) is 0 Å². The van der Waals surface area contributed by atoms with Gasteiger partial charge in [0.25, 0.3) is 0 Å². The van der Waals surface area contributed by atoms with Crippen LogP contribution in [0.5, 0.6) is 5.75 Å². The molecule has 0 spiro atoms. The van der Waals surface area contributed by atoms with Crippen LogP contribution >= 0.6 is 0 Å². The number of aromatic nitrogens is 3. The molecule has 0 radical (unpaired) electrons. The molecule has 1 fully saturated rings. The fourth-order valence-corrected chi connectivity index (χ4v) is 2.55. The number of nitrogens with zero attached hydrogens (tertiary/aromatic N) is 3. The summed E-state index contributed by atoms with van der Waals surface area (Å²) in [7, 11) is 0. The first-order chi connectivity index (χ1) is 10.1. The summed E-state index contributed by atoms with van der Waals surface area (Å²) in [6, 6.07) is 6.86. The highest BCUT2D eigenvalue weighted by Crippen LogP contribution is 2.22. The zero-order chi connectivity index (χ0) is 14.8. The van der Waals surface area contributed by atoms with E-state index in [9.17, 15) is 0 Å². The predicted molar refractivity (Wildman–Crippen MR) is 81.2 cm³/mol. The molecule has 0 aromatic carbocycles. The Hall–Kier alpha value is -2.01. The Kier molecular flexibility index (Phi) is 3.84. The zero-order valence-corrected chi connectivity index (χ0v) is 12.6. The summed E-state index contributed by atoms with van der Waals surface area (Å²) < 4.78 is 5.85. The van der Waals surface area contributed by atoms with Crippen LogP contribution in [0, 0.1) is 13.8 Å². The van der Waals surface area contributed by atoms with Crippen LogP contribution in [0.15, 0.2) is 24.4 Å². The van der Waals surface area contributed by atoms with E-state index in [2.05, 4.69) is 27.2 Å². The molecule has 110 valence electrons. The summed E-state index contributed by atoms with van der Waals surface area (Å²) in [5, 5.41) is 3.41. The Labute approximate surface area is 124 Å². The van der Waals surface area contributed by atoms with E-state index in [1.54, 1.807) is 6.20 Å². The molecule has 5 heteroatoms. The first-order valence-electron chi connectivity index (χ1n) is 7.28. The fraction of sp³-hybridized carbons (Fsp3) is 0.438. The van der Waals surface area contributed by atoms with Crippen molar-refractivity contribution < 1.29 is 4.74 Å². The summed E-state index contributed by atoms with van der Waals surface area (Å²) >= 11 is 0. The van der Waals surface area contributed by atoms with Gasteiger partial charge in [0.2, 0.25) is 0 Å². The molecule has 21 heavy (non-hydrogen) atoms. The molecule has 1 N–H and O–H groups in total. The molecular formula is C16H20N4O. The van der Waals surface area contributed by atoms with E-state index in [1.807, 2.05) is 32.0 Å². The molecule has 3 rings (SSSR count). The highest BCUT2D eigenvalue weighted by Gasteiger charge is 2.24. The van der Waals surface area contributed by atoms with Gasteiger partial charge in [-0.15, -0.1) is 0 Å². The van der Waals surface area contributed by atoms with Crippen molar-refractivity contribution in [1.82, 2.24) is 20.3 Å². The Bertz CT molecular complexity index is 638. The lowest BCUT2D eigenvalue weighted by molar-refractivity contribution is 0.180. The van der Waals surface area contributed by atoms with Gasteiger partial charge in [-0.3, -0.25) is 0 Å². The van der Waals surface area contributed by atoms with Crippen molar-refractivity contribution in [2.45, 2.75) is 39.3 Å². The van der Waals surface area contributed by atoms with Crippen molar-refractivity contribution in [3.8, 4) is 17.1 Å². The number of pyridine rings is 1. The smallest absolute Gasteiger partial charge is 0.140 e. The molecule has 0 amide bonds. The van der Waals surface area contributed by atoms with Crippen LogP contribution in [0.2, 0.25) is 0 Å². The average Bonchev–Trinajstić information content (AvgIpc) is 2.43. The largest absolute Gasteiger partial charge is 0.490 e.